The summed E-state index contributed by atoms with van der Waals surface area (Å²) in [5.74, 6) is -0.894. The maximum atomic E-state index is 12.2. The molecule has 1 N–H and O–H groups in total. The maximum absolute atomic E-state index is 12.2. The minimum absolute atomic E-state index is 0.0654. The number of carbonyl (C=O) groups is 2. The molecule has 0 aromatic rings. The smallest absolute Gasteiger partial charge is 0.308 e. The zero-order valence-corrected chi connectivity index (χ0v) is 10.1. The van der Waals surface area contributed by atoms with Crippen molar-refractivity contribution in [3.63, 3.8) is 0 Å². The van der Waals surface area contributed by atoms with Crippen LogP contribution in [0.5, 0.6) is 0 Å². The first-order valence-corrected chi connectivity index (χ1v) is 6.26. The summed E-state index contributed by atoms with van der Waals surface area (Å²) in [4.78, 5) is 25.0. The van der Waals surface area contributed by atoms with Gasteiger partial charge in [0, 0.05) is 19.0 Å². The molecular weight excluding hydrogens is 218 g/mol. The minimum Gasteiger partial charge on any atom is -0.481 e. The van der Waals surface area contributed by atoms with Gasteiger partial charge in [-0.25, -0.2) is 0 Å². The summed E-state index contributed by atoms with van der Waals surface area (Å²) in [6.07, 6.45) is 6.83. The highest BCUT2D eigenvalue weighted by molar-refractivity contribution is 5.81. The average Bonchev–Trinajstić information content (AvgIpc) is 2.71. The van der Waals surface area contributed by atoms with E-state index in [1.807, 2.05) is 6.92 Å². The van der Waals surface area contributed by atoms with Gasteiger partial charge in [-0.2, -0.15) is 0 Å². The quantitative estimate of drug-likeness (QED) is 0.741. The van der Waals surface area contributed by atoms with Gasteiger partial charge in [0.15, 0.2) is 0 Å². The van der Waals surface area contributed by atoms with Gasteiger partial charge in [-0.05, 0) is 25.2 Å². The Morgan fingerprint density at radius 2 is 2.06 bits per heavy atom. The third kappa shape index (κ3) is 2.51. The fraction of sp³-hybridized carbons (Fsp3) is 0.692. The van der Waals surface area contributed by atoms with Gasteiger partial charge in [0.2, 0.25) is 5.91 Å². The van der Waals surface area contributed by atoms with Gasteiger partial charge in [-0.15, -0.1) is 0 Å². The number of nitrogens with zero attached hydrogens (tertiary/aromatic N) is 1. The van der Waals surface area contributed by atoms with Gasteiger partial charge in [-0.3, -0.25) is 9.59 Å². The van der Waals surface area contributed by atoms with E-state index in [2.05, 4.69) is 12.2 Å². The highest BCUT2D eigenvalue weighted by Crippen LogP contribution is 2.27. The summed E-state index contributed by atoms with van der Waals surface area (Å²) in [5, 5.41) is 9.04. The van der Waals surface area contributed by atoms with Crippen LogP contribution in [0.1, 0.15) is 26.2 Å². The summed E-state index contributed by atoms with van der Waals surface area (Å²) in [6, 6.07) is 0. The van der Waals surface area contributed by atoms with Crippen molar-refractivity contribution in [2.75, 3.05) is 13.1 Å². The third-order valence-electron chi connectivity index (χ3n) is 3.86. The molecule has 17 heavy (non-hydrogen) atoms. The van der Waals surface area contributed by atoms with Gasteiger partial charge in [0.1, 0.15) is 0 Å². The van der Waals surface area contributed by atoms with Crippen molar-refractivity contribution in [3.05, 3.63) is 12.2 Å². The molecule has 1 fully saturated rings. The summed E-state index contributed by atoms with van der Waals surface area (Å²) in [6.45, 7) is 2.89. The van der Waals surface area contributed by atoms with Crippen molar-refractivity contribution in [3.8, 4) is 0 Å². The van der Waals surface area contributed by atoms with Crippen LogP contribution in [-0.4, -0.2) is 35.0 Å². The molecule has 1 saturated heterocycles. The summed E-state index contributed by atoms with van der Waals surface area (Å²) in [7, 11) is 0. The number of hydrogen-bond donors (Lipinski definition) is 1. The highest BCUT2D eigenvalue weighted by Gasteiger charge is 2.38. The van der Waals surface area contributed by atoms with Gasteiger partial charge >= 0.3 is 5.97 Å². The van der Waals surface area contributed by atoms with Gasteiger partial charge in [0.05, 0.1) is 5.92 Å². The molecule has 2 rings (SSSR count). The predicted octanol–water partition coefficient (Wildman–Crippen LogP) is 1.52. The van der Waals surface area contributed by atoms with E-state index >= 15 is 0 Å². The lowest BCUT2D eigenvalue weighted by Crippen LogP contribution is -2.35. The number of carboxylic acids is 1. The number of carbonyl (C=O) groups excluding carboxylic acids is 1. The second-order valence-electron chi connectivity index (χ2n) is 5.15. The number of carboxylic acid groups (broad SMARTS) is 1. The Bertz CT molecular complexity index is 351. The first kappa shape index (κ1) is 12.1. The summed E-state index contributed by atoms with van der Waals surface area (Å²) >= 11 is 0. The molecule has 1 aliphatic carbocycles. The van der Waals surface area contributed by atoms with E-state index in [1.165, 1.54) is 0 Å². The van der Waals surface area contributed by atoms with Crippen molar-refractivity contribution >= 4 is 11.9 Å². The SMILES string of the molecule is C[C@@H]1CN(C(=O)C2CC=CCC2)C[C@H]1C(=O)O. The Labute approximate surface area is 101 Å². The zero-order chi connectivity index (χ0) is 12.4. The molecule has 0 aromatic heterocycles. The van der Waals surface area contributed by atoms with Crippen LogP contribution in [0, 0.1) is 17.8 Å². The van der Waals surface area contributed by atoms with Gasteiger partial charge in [0.25, 0.3) is 0 Å². The monoisotopic (exact) mass is 237 g/mol. The molecule has 1 aliphatic heterocycles. The third-order valence-corrected chi connectivity index (χ3v) is 3.86. The largest absolute Gasteiger partial charge is 0.481 e. The zero-order valence-electron chi connectivity index (χ0n) is 10.1. The Kier molecular flexibility index (Phi) is 3.50. The van der Waals surface area contributed by atoms with E-state index in [9.17, 15) is 9.59 Å². The molecule has 0 bridgehead atoms. The normalized spacial score (nSPS) is 32.8. The Morgan fingerprint density at radius 1 is 1.29 bits per heavy atom. The average molecular weight is 237 g/mol. The van der Waals surface area contributed by atoms with Crippen LogP contribution in [0.2, 0.25) is 0 Å². The van der Waals surface area contributed by atoms with Crippen molar-refractivity contribution in [2.24, 2.45) is 17.8 Å². The molecule has 0 saturated carbocycles. The van der Waals surface area contributed by atoms with Crippen LogP contribution in [0.4, 0.5) is 0 Å². The fourth-order valence-corrected chi connectivity index (χ4v) is 2.74. The van der Waals surface area contributed by atoms with E-state index in [4.69, 9.17) is 5.11 Å². The number of aliphatic carboxylic acids is 1. The van der Waals surface area contributed by atoms with Gasteiger partial charge in [-0.1, -0.05) is 19.1 Å². The number of rotatable bonds is 2. The molecule has 0 radical (unpaired) electrons. The Balaban J connectivity index is 1.97. The molecule has 0 spiro atoms. The number of allylic oxidation sites excluding steroid dienone is 2. The molecule has 2 aliphatic rings. The molecule has 1 amide bonds. The molecular formula is C13H19NO3. The number of amides is 1. The van der Waals surface area contributed by atoms with Crippen LogP contribution in [-0.2, 0) is 9.59 Å². The first-order valence-electron chi connectivity index (χ1n) is 6.26. The Morgan fingerprint density at radius 3 is 2.59 bits per heavy atom. The van der Waals surface area contributed by atoms with Crippen molar-refractivity contribution in [1.29, 1.82) is 0 Å². The molecule has 1 heterocycles. The fourth-order valence-electron chi connectivity index (χ4n) is 2.74. The van der Waals surface area contributed by atoms with Crippen LogP contribution >= 0.6 is 0 Å². The van der Waals surface area contributed by atoms with E-state index < -0.39 is 11.9 Å². The molecule has 3 atom stereocenters. The van der Waals surface area contributed by atoms with Crippen molar-refractivity contribution < 1.29 is 14.7 Å². The summed E-state index contributed by atoms with van der Waals surface area (Å²) in [5.41, 5.74) is 0. The van der Waals surface area contributed by atoms with E-state index in [-0.39, 0.29) is 17.7 Å². The second kappa shape index (κ2) is 4.90. The number of likely N-dealkylation sites (tertiary alicyclic amines) is 1. The van der Waals surface area contributed by atoms with Crippen LogP contribution in [0.15, 0.2) is 12.2 Å². The standard InChI is InChI=1S/C13H19NO3/c1-9-7-14(8-11(9)13(16)17)12(15)10-5-3-2-4-6-10/h2-3,9-11H,4-8H2,1H3,(H,16,17)/t9-,10?,11-/m1/s1. The second-order valence-corrected chi connectivity index (χ2v) is 5.15. The van der Waals surface area contributed by atoms with E-state index in [1.54, 1.807) is 4.90 Å². The minimum atomic E-state index is -0.781. The molecule has 4 heteroatoms. The Hall–Kier alpha value is -1.32. The van der Waals surface area contributed by atoms with E-state index in [0.717, 1.165) is 19.3 Å². The maximum Gasteiger partial charge on any atom is 0.308 e. The predicted molar refractivity (Wildman–Crippen MR) is 63.4 cm³/mol. The molecule has 4 nitrogen and oxygen atoms in total. The molecule has 94 valence electrons. The van der Waals surface area contributed by atoms with Crippen molar-refractivity contribution in [2.45, 2.75) is 26.2 Å². The van der Waals surface area contributed by atoms with E-state index in [0.29, 0.717) is 13.1 Å². The lowest BCUT2D eigenvalue weighted by Gasteiger charge is -2.24. The highest BCUT2D eigenvalue weighted by atomic mass is 16.4. The van der Waals surface area contributed by atoms with Crippen molar-refractivity contribution in [1.82, 2.24) is 4.90 Å². The topological polar surface area (TPSA) is 57.6 Å². The van der Waals surface area contributed by atoms with Crippen LogP contribution < -0.4 is 0 Å². The molecule has 1 unspecified atom stereocenters. The lowest BCUT2D eigenvalue weighted by atomic mass is 9.93. The number of hydrogen-bond acceptors (Lipinski definition) is 2. The van der Waals surface area contributed by atoms with Gasteiger partial charge < -0.3 is 10.0 Å². The van der Waals surface area contributed by atoms with Crippen LogP contribution in [0.3, 0.4) is 0 Å². The molecule has 0 aromatic carbocycles. The van der Waals surface area contributed by atoms with Crippen LogP contribution in [0.25, 0.3) is 0 Å². The summed E-state index contributed by atoms with van der Waals surface area (Å²) < 4.78 is 0. The lowest BCUT2D eigenvalue weighted by molar-refractivity contribution is -0.142. The first-order chi connectivity index (χ1) is 8.09.